The van der Waals surface area contributed by atoms with Gasteiger partial charge in [0.2, 0.25) is 10.0 Å². The van der Waals surface area contributed by atoms with Crippen LogP contribution >= 0.6 is 11.6 Å². The fourth-order valence-electron chi connectivity index (χ4n) is 3.25. The predicted octanol–water partition coefficient (Wildman–Crippen LogP) is 4.28. The maximum atomic E-state index is 12.6. The number of aryl methyl sites for hydroxylation is 2. The maximum absolute atomic E-state index is 12.6. The molecule has 2 aromatic heterocycles. The molecule has 1 amide bonds. The maximum Gasteiger partial charge on any atom is 0.428 e. The molecule has 10 heteroatoms. The topological polar surface area (TPSA) is 86.4 Å². The van der Waals surface area contributed by atoms with E-state index >= 15 is 0 Å². The number of hydrogen-bond donors (Lipinski definition) is 0. The molecule has 0 bridgehead atoms. The van der Waals surface area contributed by atoms with E-state index in [2.05, 4.69) is 5.10 Å². The van der Waals surface area contributed by atoms with Crippen LogP contribution in [0.25, 0.3) is 16.7 Å². The molecule has 162 valence electrons. The van der Waals surface area contributed by atoms with Crippen molar-refractivity contribution in [1.82, 2.24) is 18.7 Å². The van der Waals surface area contributed by atoms with Gasteiger partial charge in [0.25, 0.3) is 0 Å². The van der Waals surface area contributed by atoms with E-state index in [9.17, 15) is 13.2 Å². The normalized spacial score (nSPS) is 11.8. The number of benzene rings is 1. The van der Waals surface area contributed by atoms with E-state index in [1.54, 1.807) is 24.7 Å². The zero-order valence-electron chi connectivity index (χ0n) is 17.4. The highest BCUT2D eigenvalue weighted by Gasteiger charge is 2.28. The van der Waals surface area contributed by atoms with E-state index < -0.39 is 16.1 Å². The predicted molar refractivity (Wildman–Crippen MR) is 117 cm³/mol. The fourth-order valence-corrected chi connectivity index (χ4v) is 4.53. The third-order valence-corrected chi connectivity index (χ3v) is 6.91. The number of halogens is 1. The Kier molecular flexibility index (Phi) is 6.42. The number of carbonyl (C=O) groups excluding carboxylic acids is 1. The summed E-state index contributed by atoms with van der Waals surface area (Å²) in [6.45, 7) is 3.68. The molecule has 0 aliphatic rings. The van der Waals surface area contributed by atoms with Crippen molar-refractivity contribution in [3.05, 3.63) is 41.2 Å². The molecule has 1 aromatic carbocycles. The third kappa shape index (κ3) is 4.32. The number of hydrogen-bond acceptors (Lipinski definition) is 5. The molecule has 0 saturated carbocycles. The molecule has 0 saturated heterocycles. The first-order valence-corrected chi connectivity index (χ1v) is 11.6. The van der Waals surface area contributed by atoms with Crippen molar-refractivity contribution in [3.8, 4) is 11.6 Å². The first kappa shape index (κ1) is 22.2. The number of unbranched alkanes of at least 4 members (excludes halogenated alkanes) is 2. The highest BCUT2D eigenvalue weighted by atomic mass is 35.5. The van der Waals surface area contributed by atoms with Gasteiger partial charge < -0.3 is 4.74 Å². The molecule has 0 radical (unpaired) electrons. The van der Waals surface area contributed by atoms with Crippen LogP contribution in [-0.4, -0.2) is 46.0 Å². The number of sulfonamides is 1. The van der Waals surface area contributed by atoms with Gasteiger partial charge in [-0.3, -0.25) is 4.57 Å². The van der Waals surface area contributed by atoms with Crippen LogP contribution in [0.3, 0.4) is 0 Å². The van der Waals surface area contributed by atoms with Crippen LogP contribution in [0.4, 0.5) is 4.79 Å². The molecule has 0 N–H and O–H groups in total. The van der Waals surface area contributed by atoms with Crippen molar-refractivity contribution >= 4 is 38.6 Å². The Labute approximate surface area is 181 Å². The van der Waals surface area contributed by atoms with Crippen molar-refractivity contribution < 1.29 is 17.9 Å². The number of carbonyl (C=O) groups is 1. The Morgan fingerprint density at radius 1 is 1.27 bits per heavy atom. The van der Waals surface area contributed by atoms with Gasteiger partial charge >= 0.3 is 6.09 Å². The Morgan fingerprint density at radius 2 is 2.00 bits per heavy atom. The van der Waals surface area contributed by atoms with Gasteiger partial charge in [-0.15, -0.1) is 0 Å². The quantitative estimate of drug-likeness (QED) is 0.499. The largest absolute Gasteiger partial charge is 0.428 e. The summed E-state index contributed by atoms with van der Waals surface area (Å²) < 4.78 is 34.5. The summed E-state index contributed by atoms with van der Waals surface area (Å²) in [4.78, 5) is 12.6. The second kappa shape index (κ2) is 8.69. The average molecular weight is 453 g/mol. The molecule has 30 heavy (non-hydrogen) atoms. The summed E-state index contributed by atoms with van der Waals surface area (Å²) in [6, 6.07) is 7.35. The lowest BCUT2D eigenvalue weighted by Crippen LogP contribution is -2.37. The number of ether oxygens (including phenoxy) is 1. The standard InChI is InChI=1S/C20H25ClN4O4S/c1-5-6-7-12-30(27,28)24(4)20(26)29-18-14(2)22-23(3)19(18)25-11-10-15-13-16(21)8-9-17(15)25/h8-11,13H,5-7,12H2,1-4H3. The number of rotatable bonds is 7. The van der Waals surface area contributed by atoms with Gasteiger partial charge in [0.15, 0.2) is 11.6 Å². The highest BCUT2D eigenvalue weighted by molar-refractivity contribution is 7.89. The Morgan fingerprint density at radius 3 is 2.70 bits per heavy atom. The van der Waals surface area contributed by atoms with Crippen molar-refractivity contribution in [2.45, 2.75) is 33.1 Å². The van der Waals surface area contributed by atoms with E-state index in [0.717, 1.165) is 23.7 Å². The van der Waals surface area contributed by atoms with Crippen LogP contribution in [-0.2, 0) is 17.1 Å². The molecular weight excluding hydrogens is 428 g/mol. The summed E-state index contributed by atoms with van der Waals surface area (Å²) in [7, 11) is -0.815. The summed E-state index contributed by atoms with van der Waals surface area (Å²) in [6.07, 6.45) is 3.01. The highest BCUT2D eigenvalue weighted by Crippen LogP contribution is 2.31. The van der Waals surface area contributed by atoms with E-state index in [-0.39, 0.29) is 11.5 Å². The molecule has 3 aromatic rings. The average Bonchev–Trinajstić information content (AvgIpc) is 3.20. The van der Waals surface area contributed by atoms with E-state index in [1.165, 1.54) is 7.05 Å². The van der Waals surface area contributed by atoms with Gasteiger partial charge in [-0.1, -0.05) is 31.4 Å². The molecule has 0 fully saturated rings. The van der Waals surface area contributed by atoms with Gasteiger partial charge in [-0.2, -0.15) is 5.10 Å². The molecule has 0 aliphatic heterocycles. The summed E-state index contributed by atoms with van der Waals surface area (Å²) >= 11 is 6.07. The first-order chi connectivity index (χ1) is 14.2. The Bertz CT molecular complexity index is 1180. The molecule has 8 nitrogen and oxygen atoms in total. The molecule has 0 spiro atoms. The van der Waals surface area contributed by atoms with Crippen molar-refractivity contribution in [1.29, 1.82) is 0 Å². The van der Waals surface area contributed by atoms with Crippen molar-refractivity contribution in [3.63, 3.8) is 0 Å². The lowest BCUT2D eigenvalue weighted by molar-refractivity contribution is 0.184. The lowest BCUT2D eigenvalue weighted by Gasteiger charge is -2.17. The summed E-state index contributed by atoms with van der Waals surface area (Å²) in [5.41, 5.74) is 1.31. The third-order valence-electron chi connectivity index (χ3n) is 4.89. The Hall–Kier alpha value is -2.52. The van der Waals surface area contributed by atoms with Crippen LogP contribution in [0.5, 0.6) is 5.75 Å². The van der Waals surface area contributed by atoms with Crippen molar-refractivity contribution in [2.75, 3.05) is 12.8 Å². The molecule has 0 aliphatic carbocycles. The smallest absolute Gasteiger partial charge is 0.403 e. The Balaban J connectivity index is 1.93. The van der Waals surface area contributed by atoms with Gasteiger partial charge in [-0.05, 0) is 37.6 Å². The molecule has 3 rings (SSSR count). The molecule has 2 heterocycles. The zero-order chi connectivity index (χ0) is 22.1. The SMILES string of the molecule is CCCCCS(=O)(=O)N(C)C(=O)Oc1c(C)nn(C)c1-n1ccc2cc(Cl)ccc21. The minimum atomic E-state index is -3.75. The van der Waals surface area contributed by atoms with Crippen LogP contribution < -0.4 is 4.74 Å². The monoisotopic (exact) mass is 452 g/mol. The number of fused-ring (bicyclic) bond motifs is 1. The van der Waals surface area contributed by atoms with E-state index in [4.69, 9.17) is 16.3 Å². The second-order valence-electron chi connectivity index (χ2n) is 7.11. The summed E-state index contributed by atoms with van der Waals surface area (Å²) in [5, 5.41) is 5.88. The fraction of sp³-hybridized carbons (Fsp3) is 0.400. The van der Waals surface area contributed by atoms with Crippen LogP contribution in [0.1, 0.15) is 31.9 Å². The van der Waals surface area contributed by atoms with E-state index in [1.807, 2.05) is 35.9 Å². The van der Waals surface area contributed by atoms with E-state index in [0.29, 0.717) is 27.3 Å². The molecule has 0 unspecified atom stereocenters. The van der Waals surface area contributed by atoms with Gasteiger partial charge in [0, 0.05) is 30.7 Å². The molecule has 0 atom stereocenters. The number of nitrogens with zero attached hydrogens (tertiary/aromatic N) is 4. The first-order valence-electron chi connectivity index (χ1n) is 9.64. The minimum Gasteiger partial charge on any atom is -0.403 e. The lowest BCUT2D eigenvalue weighted by atomic mass is 10.2. The summed E-state index contributed by atoms with van der Waals surface area (Å²) in [5.74, 6) is 0.606. The van der Waals surface area contributed by atoms with Crippen LogP contribution in [0.15, 0.2) is 30.5 Å². The minimum absolute atomic E-state index is 0.103. The van der Waals surface area contributed by atoms with Crippen LogP contribution in [0.2, 0.25) is 5.02 Å². The zero-order valence-corrected chi connectivity index (χ0v) is 19.0. The van der Waals surface area contributed by atoms with Gasteiger partial charge in [0.1, 0.15) is 5.69 Å². The molecular formula is C20H25ClN4O4S. The van der Waals surface area contributed by atoms with Crippen LogP contribution in [0, 0.1) is 6.92 Å². The number of aromatic nitrogens is 3. The van der Waals surface area contributed by atoms with Crippen molar-refractivity contribution in [2.24, 2.45) is 7.05 Å². The second-order valence-corrected chi connectivity index (χ2v) is 9.67. The van der Waals surface area contributed by atoms with Gasteiger partial charge in [0.05, 0.1) is 11.3 Å². The number of amides is 1. The van der Waals surface area contributed by atoms with Gasteiger partial charge in [-0.25, -0.2) is 22.2 Å².